The van der Waals surface area contributed by atoms with Gasteiger partial charge in [-0.25, -0.2) is 0 Å². The van der Waals surface area contributed by atoms with Crippen molar-refractivity contribution < 1.29 is 9.47 Å². The minimum absolute atomic E-state index is 0.569. The molecule has 0 bridgehead atoms. The third kappa shape index (κ3) is 2.37. The molecule has 0 saturated carbocycles. The highest BCUT2D eigenvalue weighted by molar-refractivity contribution is 5.97. The zero-order chi connectivity index (χ0) is 18.3. The highest BCUT2D eigenvalue weighted by Gasteiger charge is 2.29. The fourth-order valence-corrected chi connectivity index (χ4v) is 3.79. The topological polar surface area (TPSA) is 47.7 Å². The molecule has 4 rings (SSSR count). The van der Waals surface area contributed by atoms with Crippen LogP contribution in [0.5, 0.6) is 11.5 Å². The van der Waals surface area contributed by atoms with Crippen LogP contribution in [-0.2, 0) is 0 Å². The number of nitrogens with zero attached hydrogens (tertiary/aromatic N) is 1. The third-order valence-corrected chi connectivity index (χ3v) is 5.04. The number of para-hydroxylation sites is 1. The summed E-state index contributed by atoms with van der Waals surface area (Å²) in [6, 6.07) is 12.3. The van der Waals surface area contributed by atoms with Crippen molar-refractivity contribution in [2.24, 2.45) is 0 Å². The summed E-state index contributed by atoms with van der Waals surface area (Å²) in [4.78, 5) is 2.25. The Bertz CT molecular complexity index is 970. The van der Waals surface area contributed by atoms with E-state index in [1.807, 2.05) is 12.1 Å². The number of likely N-dealkylation sites (N-methyl/N-ethyl adjacent to an activating group) is 1. The molecule has 1 aliphatic heterocycles. The van der Waals surface area contributed by atoms with Crippen molar-refractivity contribution in [2.75, 3.05) is 31.9 Å². The number of hydrogen-bond acceptors (Lipinski definition) is 4. The molecule has 0 spiro atoms. The van der Waals surface area contributed by atoms with Gasteiger partial charge in [0, 0.05) is 41.2 Å². The molecule has 4 nitrogen and oxygen atoms in total. The standard InChI is InChI=1S/C22H22N2O2/c1-24-18-10-6-4-8-14(18)22(15-9-5-7-11-19(15)24)16-12-21(26-3)17(23)13-20(16)25-2/h4-8,10-13H,9,23H2,1-3H3. The van der Waals surface area contributed by atoms with Crippen molar-refractivity contribution in [2.45, 2.75) is 6.42 Å². The second-order valence-electron chi connectivity index (χ2n) is 6.41. The lowest BCUT2D eigenvalue weighted by Gasteiger charge is -2.35. The Morgan fingerprint density at radius 2 is 1.77 bits per heavy atom. The number of fused-ring (bicyclic) bond motifs is 2. The molecular formula is C22H22N2O2. The van der Waals surface area contributed by atoms with Crippen molar-refractivity contribution in [3.05, 3.63) is 77.0 Å². The van der Waals surface area contributed by atoms with E-state index in [0.717, 1.165) is 17.7 Å². The van der Waals surface area contributed by atoms with Crippen molar-refractivity contribution >= 4 is 16.9 Å². The predicted octanol–water partition coefficient (Wildman–Crippen LogP) is 4.38. The third-order valence-electron chi connectivity index (χ3n) is 5.04. The van der Waals surface area contributed by atoms with Gasteiger partial charge in [0.1, 0.15) is 11.5 Å². The molecule has 4 heteroatoms. The van der Waals surface area contributed by atoms with E-state index < -0.39 is 0 Å². The quantitative estimate of drug-likeness (QED) is 0.838. The Hall–Kier alpha value is -3.14. The predicted molar refractivity (Wildman–Crippen MR) is 107 cm³/mol. The van der Waals surface area contributed by atoms with Crippen LogP contribution < -0.4 is 20.1 Å². The SMILES string of the molecule is COc1cc(C2=C3CC=CC=C3N(C)c3ccccc32)c(OC)cc1N. The van der Waals surface area contributed by atoms with E-state index in [-0.39, 0.29) is 0 Å². The Labute approximate surface area is 153 Å². The monoisotopic (exact) mass is 346 g/mol. The summed E-state index contributed by atoms with van der Waals surface area (Å²) in [6.45, 7) is 0. The van der Waals surface area contributed by atoms with Gasteiger partial charge in [-0.15, -0.1) is 0 Å². The first kappa shape index (κ1) is 16.3. The lowest BCUT2D eigenvalue weighted by atomic mass is 9.83. The fourth-order valence-electron chi connectivity index (χ4n) is 3.79. The summed E-state index contributed by atoms with van der Waals surface area (Å²) in [7, 11) is 5.42. The molecule has 2 N–H and O–H groups in total. The molecule has 0 saturated heterocycles. The van der Waals surface area contributed by atoms with Gasteiger partial charge in [-0.3, -0.25) is 0 Å². The smallest absolute Gasteiger partial charge is 0.142 e. The summed E-state index contributed by atoms with van der Waals surface area (Å²) >= 11 is 0. The van der Waals surface area contributed by atoms with Crippen molar-refractivity contribution in [3.63, 3.8) is 0 Å². The van der Waals surface area contributed by atoms with E-state index in [1.54, 1.807) is 14.2 Å². The van der Waals surface area contributed by atoms with Gasteiger partial charge in [0.15, 0.2) is 0 Å². The molecule has 26 heavy (non-hydrogen) atoms. The molecule has 132 valence electrons. The van der Waals surface area contributed by atoms with Crippen LogP contribution in [-0.4, -0.2) is 21.3 Å². The second-order valence-corrected chi connectivity index (χ2v) is 6.41. The number of methoxy groups -OCH3 is 2. The maximum absolute atomic E-state index is 6.10. The maximum atomic E-state index is 6.10. The van der Waals surface area contributed by atoms with Gasteiger partial charge in [-0.05, 0) is 30.2 Å². The molecule has 1 heterocycles. The van der Waals surface area contributed by atoms with Crippen LogP contribution in [0.3, 0.4) is 0 Å². The molecule has 0 radical (unpaired) electrons. The molecule has 1 aliphatic carbocycles. The summed E-state index contributed by atoms with van der Waals surface area (Å²) in [5.41, 5.74) is 13.7. The second kappa shape index (κ2) is 6.30. The van der Waals surface area contributed by atoms with Crippen LogP contribution in [0.4, 0.5) is 11.4 Å². The van der Waals surface area contributed by atoms with E-state index in [4.69, 9.17) is 15.2 Å². The van der Waals surface area contributed by atoms with Gasteiger partial charge in [-0.2, -0.15) is 0 Å². The molecule has 2 aromatic rings. The summed E-state index contributed by atoms with van der Waals surface area (Å²) in [5.74, 6) is 1.40. The molecule has 0 atom stereocenters. The largest absolute Gasteiger partial charge is 0.496 e. The van der Waals surface area contributed by atoms with Crippen LogP contribution in [0, 0.1) is 0 Å². The lowest BCUT2D eigenvalue weighted by Crippen LogP contribution is -2.25. The van der Waals surface area contributed by atoms with Crippen molar-refractivity contribution in [1.29, 1.82) is 0 Å². The van der Waals surface area contributed by atoms with Crippen molar-refractivity contribution in [3.8, 4) is 11.5 Å². The van der Waals surface area contributed by atoms with Crippen LogP contribution in [0.25, 0.3) is 5.57 Å². The summed E-state index contributed by atoms with van der Waals surface area (Å²) < 4.78 is 11.2. The number of hydrogen-bond donors (Lipinski definition) is 1. The van der Waals surface area contributed by atoms with Gasteiger partial charge in [0.25, 0.3) is 0 Å². The van der Waals surface area contributed by atoms with Crippen LogP contribution >= 0.6 is 0 Å². The van der Waals surface area contributed by atoms with Gasteiger partial charge in [0.2, 0.25) is 0 Å². The zero-order valence-electron chi connectivity index (χ0n) is 15.2. The zero-order valence-corrected chi connectivity index (χ0v) is 15.2. The van der Waals surface area contributed by atoms with Crippen LogP contribution in [0.15, 0.2) is 65.9 Å². The minimum atomic E-state index is 0.569. The van der Waals surface area contributed by atoms with Crippen LogP contribution in [0.1, 0.15) is 17.5 Å². The summed E-state index contributed by atoms with van der Waals surface area (Å²) in [6.07, 6.45) is 7.33. The van der Waals surface area contributed by atoms with E-state index in [2.05, 4.69) is 54.4 Å². The van der Waals surface area contributed by atoms with E-state index in [0.29, 0.717) is 11.4 Å². The first-order valence-electron chi connectivity index (χ1n) is 8.61. The Balaban J connectivity index is 2.06. The first-order chi connectivity index (χ1) is 12.7. The first-order valence-corrected chi connectivity index (χ1v) is 8.61. The molecule has 0 unspecified atom stereocenters. The number of nitrogen functional groups attached to an aromatic ring is 1. The minimum Gasteiger partial charge on any atom is -0.496 e. The molecule has 0 aromatic heterocycles. The van der Waals surface area contributed by atoms with Crippen molar-refractivity contribution in [1.82, 2.24) is 0 Å². The normalized spacial score (nSPS) is 15.3. The number of anilines is 2. The molecule has 0 amide bonds. The molecule has 0 fully saturated rings. The van der Waals surface area contributed by atoms with E-state index in [9.17, 15) is 0 Å². The van der Waals surface area contributed by atoms with Gasteiger partial charge < -0.3 is 20.1 Å². The molecule has 2 aliphatic rings. The van der Waals surface area contributed by atoms with Gasteiger partial charge in [-0.1, -0.05) is 30.4 Å². The number of ether oxygens (including phenoxy) is 2. The number of benzene rings is 2. The van der Waals surface area contributed by atoms with Gasteiger partial charge in [0.05, 0.1) is 19.9 Å². The lowest BCUT2D eigenvalue weighted by molar-refractivity contribution is 0.404. The van der Waals surface area contributed by atoms with E-state index in [1.165, 1.54) is 28.1 Å². The molecule has 2 aromatic carbocycles. The Morgan fingerprint density at radius 3 is 2.54 bits per heavy atom. The highest BCUT2D eigenvalue weighted by atomic mass is 16.5. The van der Waals surface area contributed by atoms with Crippen LogP contribution in [0.2, 0.25) is 0 Å². The number of nitrogens with two attached hydrogens (primary N) is 1. The number of rotatable bonds is 3. The Morgan fingerprint density at radius 1 is 1.00 bits per heavy atom. The summed E-state index contributed by atoms with van der Waals surface area (Å²) in [5, 5.41) is 0. The highest BCUT2D eigenvalue weighted by Crippen LogP contribution is 2.48. The fraction of sp³-hybridized carbons (Fsp3) is 0.182. The average Bonchev–Trinajstić information content (AvgIpc) is 2.69. The maximum Gasteiger partial charge on any atom is 0.142 e. The number of allylic oxidation sites excluding steroid dienone is 4. The Kier molecular flexibility index (Phi) is 3.96. The average molecular weight is 346 g/mol. The molecular weight excluding hydrogens is 324 g/mol. The van der Waals surface area contributed by atoms with E-state index >= 15 is 0 Å². The van der Waals surface area contributed by atoms with Gasteiger partial charge >= 0.3 is 0 Å².